The number of aromatic amines is 1. The Morgan fingerprint density at radius 1 is 1.22 bits per heavy atom. The van der Waals surface area contributed by atoms with E-state index in [4.69, 9.17) is 9.47 Å². The fourth-order valence-corrected chi connectivity index (χ4v) is 1.87. The van der Waals surface area contributed by atoms with Gasteiger partial charge in [-0.15, -0.1) is 0 Å². The summed E-state index contributed by atoms with van der Waals surface area (Å²) in [4.78, 5) is 0. The number of benzene rings is 1. The number of hydrogen-bond acceptors (Lipinski definition) is 5. The van der Waals surface area contributed by atoms with Gasteiger partial charge in [0.2, 0.25) is 0 Å². The summed E-state index contributed by atoms with van der Waals surface area (Å²) in [6.07, 6.45) is 1.69. The van der Waals surface area contributed by atoms with E-state index in [0.29, 0.717) is 11.5 Å². The second-order valence-corrected chi connectivity index (χ2v) is 3.73. The quantitative estimate of drug-likeness (QED) is 0.830. The highest BCUT2D eigenvalue weighted by Crippen LogP contribution is 2.31. The Morgan fingerprint density at radius 2 is 2.00 bits per heavy atom. The molecule has 0 aliphatic heterocycles. The number of H-pyrrole nitrogens is 1. The lowest BCUT2D eigenvalue weighted by atomic mass is 10.0. The van der Waals surface area contributed by atoms with Crippen molar-refractivity contribution in [1.29, 1.82) is 0 Å². The van der Waals surface area contributed by atoms with Gasteiger partial charge >= 0.3 is 0 Å². The van der Waals surface area contributed by atoms with E-state index in [1.165, 1.54) is 0 Å². The zero-order chi connectivity index (χ0) is 13.0. The molecule has 96 valence electrons. The van der Waals surface area contributed by atoms with Crippen molar-refractivity contribution in [2.24, 2.45) is 0 Å². The molecular weight excluding hydrogens is 232 g/mol. The summed E-state index contributed by atoms with van der Waals surface area (Å²) in [5.74, 6) is 1.40. The van der Waals surface area contributed by atoms with E-state index < -0.39 is 0 Å². The average Bonchev–Trinajstić information content (AvgIpc) is 2.93. The van der Waals surface area contributed by atoms with E-state index in [2.05, 4.69) is 20.7 Å². The van der Waals surface area contributed by atoms with Gasteiger partial charge in [-0.05, 0) is 24.7 Å². The maximum Gasteiger partial charge on any atom is 0.161 e. The first-order valence-electron chi connectivity index (χ1n) is 5.55. The zero-order valence-electron chi connectivity index (χ0n) is 10.6. The fraction of sp³-hybridized carbons (Fsp3) is 0.333. The molecule has 0 aliphatic rings. The molecule has 0 bridgehead atoms. The second-order valence-electron chi connectivity index (χ2n) is 3.73. The SMILES string of the molecule is CNC(c1ccc(OC)c(OC)c1)c1cn[nH]n1. The lowest BCUT2D eigenvalue weighted by Crippen LogP contribution is -2.18. The summed E-state index contributed by atoms with van der Waals surface area (Å²) in [5.41, 5.74) is 1.86. The van der Waals surface area contributed by atoms with Gasteiger partial charge in [0, 0.05) is 0 Å². The standard InChI is InChI=1S/C12H16N4O2/c1-13-12(9-7-14-16-15-9)8-4-5-10(17-2)11(6-8)18-3/h4-7,12-13H,1-3H3,(H,14,15,16). The lowest BCUT2D eigenvalue weighted by Gasteiger charge is -2.16. The van der Waals surface area contributed by atoms with E-state index in [-0.39, 0.29) is 6.04 Å². The first kappa shape index (κ1) is 12.4. The minimum atomic E-state index is -0.0384. The monoisotopic (exact) mass is 248 g/mol. The van der Waals surface area contributed by atoms with Crippen molar-refractivity contribution in [3.63, 3.8) is 0 Å². The molecule has 0 amide bonds. The molecule has 1 atom stereocenters. The summed E-state index contributed by atoms with van der Waals surface area (Å²) in [5, 5.41) is 13.7. The van der Waals surface area contributed by atoms with E-state index in [1.807, 2.05) is 25.2 Å². The molecule has 0 fully saturated rings. The normalized spacial score (nSPS) is 12.2. The highest BCUT2D eigenvalue weighted by Gasteiger charge is 2.16. The van der Waals surface area contributed by atoms with Gasteiger partial charge in [0.25, 0.3) is 0 Å². The topological polar surface area (TPSA) is 72.1 Å². The van der Waals surface area contributed by atoms with Crippen LogP contribution in [0.1, 0.15) is 17.3 Å². The van der Waals surface area contributed by atoms with Crippen molar-refractivity contribution in [1.82, 2.24) is 20.7 Å². The molecule has 1 heterocycles. The van der Waals surface area contributed by atoms with Crippen LogP contribution in [0.4, 0.5) is 0 Å². The maximum absolute atomic E-state index is 5.29. The van der Waals surface area contributed by atoms with E-state index in [9.17, 15) is 0 Å². The molecule has 18 heavy (non-hydrogen) atoms. The predicted octanol–water partition coefficient (Wildman–Crippen LogP) is 1.13. The Labute approximate surface area is 105 Å². The Balaban J connectivity index is 2.37. The van der Waals surface area contributed by atoms with Crippen LogP contribution in [0.2, 0.25) is 0 Å². The van der Waals surface area contributed by atoms with E-state index >= 15 is 0 Å². The fourth-order valence-electron chi connectivity index (χ4n) is 1.87. The first-order valence-corrected chi connectivity index (χ1v) is 5.55. The highest BCUT2D eigenvalue weighted by molar-refractivity contribution is 5.45. The number of hydrogen-bond donors (Lipinski definition) is 2. The molecular formula is C12H16N4O2. The van der Waals surface area contributed by atoms with Crippen LogP contribution in [-0.4, -0.2) is 36.7 Å². The molecule has 0 spiro atoms. The molecule has 0 aliphatic carbocycles. The van der Waals surface area contributed by atoms with Crippen LogP contribution in [0.3, 0.4) is 0 Å². The van der Waals surface area contributed by atoms with Crippen LogP contribution in [0, 0.1) is 0 Å². The summed E-state index contributed by atoms with van der Waals surface area (Å²) in [6.45, 7) is 0. The first-order chi connectivity index (χ1) is 8.80. The number of ether oxygens (including phenoxy) is 2. The highest BCUT2D eigenvalue weighted by atomic mass is 16.5. The molecule has 0 radical (unpaired) electrons. The van der Waals surface area contributed by atoms with Crippen LogP contribution >= 0.6 is 0 Å². The van der Waals surface area contributed by atoms with Crippen molar-refractivity contribution in [2.45, 2.75) is 6.04 Å². The summed E-state index contributed by atoms with van der Waals surface area (Å²) in [6, 6.07) is 5.73. The number of nitrogens with zero attached hydrogens (tertiary/aromatic N) is 2. The number of rotatable bonds is 5. The van der Waals surface area contributed by atoms with E-state index in [0.717, 1.165) is 11.3 Å². The Kier molecular flexibility index (Phi) is 3.78. The molecule has 0 saturated carbocycles. The molecule has 6 heteroatoms. The molecule has 2 rings (SSSR count). The van der Waals surface area contributed by atoms with Crippen molar-refractivity contribution < 1.29 is 9.47 Å². The minimum Gasteiger partial charge on any atom is -0.493 e. The third-order valence-electron chi connectivity index (χ3n) is 2.76. The van der Waals surface area contributed by atoms with Gasteiger partial charge in [0.15, 0.2) is 11.5 Å². The Hall–Kier alpha value is -2.08. The minimum absolute atomic E-state index is 0.0384. The molecule has 2 aromatic rings. The lowest BCUT2D eigenvalue weighted by molar-refractivity contribution is 0.354. The number of methoxy groups -OCH3 is 2. The number of nitrogens with one attached hydrogen (secondary N) is 2. The van der Waals surface area contributed by atoms with Crippen molar-refractivity contribution in [3.8, 4) is 11.5 Å². The molecule has 0 saturated heterocycles. The average molecular weight is 248 g/mol. The predicted molar refractivity (Wildman–Crippen MR) is 66.8 cm³/mol. The smallest absolute Gasteiger partial charge is 0.161 e. The summed E-state index contributed by atoms with van der Waals surface area (Å²) >= 11 is 0. The number of aromatic nitrogens is 3. The van der Waals surface area contributed by atoms with Crippen molar-refractivity contribution in [3.05, 3.63) is 35.7 Å². The van der Waals surface area contributed by atoms with Crippen LogP contribution in [0.25, 0.3) is 0 Å². The van der Waals surface area contributed by atoms with E-state index in [1.54, 1.807) is 20.4 Å². The van der Waals surface area contributed by atoms with Gasteiger partial charge in [0.05, 0.1) is 26.5 Å². The molecule has 1 aromatic heterocycles. The zero-order valence-corrected chi connectivity index (χ0v) is 10.6. The van der Waals surface area contributed by atoms with Gasteiger partial charge in [-0.25, -0.2) is 0 Å². The Morgan fingerprint density at radius 3 is 2.56 bits per heavy atom. The van der Waals surface area contributed by atoms with Gasteiger partial charge in [-0.2, -0.15) is 15.4 Å². The van der Waals surface area contributed by atoms with Crippen LogP contribution in [0.15, 0.2) is 24.4 Å². The maximum atomic E-state index is 5.29. The second kappa shape index (κ2) is 5.50. The molecule has 6 nitrogen and oxygen atoms in total. The van der Waals surface area contributed by atoms with Gasteiger partial charge in [0.1, 0.15) is 5.69 Å². The van der Waals surface area contributed by atoms with Crippen LogP contribution in [-0.2, 0) is 0 Å². The molecule has 1 unspecified atom stereocenters. The van der Waals surface area contributed by atoms with Gasteiger partial charge in [-0.3, -0.25) is 0 Å². The van der Waals surface area contributed by atoms with Crippen molar-refractivity contribution in [2.75, 3.05) is 21.3 Å². The Bertz CT molecular complexity index is 499. The van der Waals surface area contributed by atoms with Gasteiger partial charge < -0.3 is 14.8 Å². The van der Waals surface area contributed by atoms with Gasteiger partial charge in [-0.1, -0.05) is 6.07 Å². The van der Waals surface area contributed by atoms with Crippen LogP contribution < -0.4 is 14.8 Å². The molecule has 2 N–H and O–H groups in total. The third kappa shape index (κ3) is 2.28. The molecule has 1 aromatic carbocycles. The summed E-state index contributed by atoms with van der Waals surface area (Å²) in [7, 11) is 5.10. The largest absolute Gasteiger partial charge is 0.493 e. The third-order valence-corrected chi connectivity index (χ3v) is 2.76. The van der Waals surface area contributed by atoms with Crippen LogP contribution in [0.5, 0.6) is 11.5 Å². The summed E-state index contributed by atoms with van der Waals surface area (Å²) < 4.78 is 10.5. The van der Waals surface area contributed by atoms with Crippen molar-refractivity contribution >= 4 is 0 Å².